The topological polar surface area (TPSA) is 3.24 Å². The van der Waals surface area contributed by atoms with Gasteiger partial charge in [-0.3, -0.25) is 0 Å². The first-order chi connectivity index (χ1) is 31.9. The van der Waals surface area contributed by atoms with Crippen LogP contribution >= 0.6 is 11.3 Å². The molecule has 1 aromatic heterocycles. The Morgan fingerprint density at radius 1 is 0.361 bits per heavy atom. The van der Waals surface area contributed by atoms with Gasteiger partial charge >= 0.3 is 0 Å². The van der Waals surface area contributed by atoms with Crippen molar-refractivity contribution in [2.24, 2.45) is 0 Å². The molecular formula is C59H39NS. The van der Waals surface area contributed by atoms with Crippen LogP contribution in [0.3, 0.4) is 0 Å². The van der Waals surface area contributed by atoms with Crippen LogP contribution in [0.4, 0.5) is 17.1 Å². The lowest BCUT2D eigenvalue weighted by Gasteiger charge is -2.35. The summed E-state index contributed by atoms with van der Waals surface area (Å²) >= 11 is 1.65. The Labute approximate surface area is 365 Å². The van der Waals surface area contributed by atoms with Gasteiger partial charge in [0.2, 0.25) is 0 Å². The van der Waals surface area contributed by atoms with Gasteiger partial charge in [-0.1, -0.05) is 200 Å². The second kappa shape index (κ2) is 14.3. The average Bonchev–Trinajstić information content (AvgIpc) is 3.90. The number of thiophene rings is 1. The molecule has 0 fully saturated rings. The molecule has 12 rings (SSSR count). The van der Waals surface area contributed by atoms with Gasteiger partial charge in [0, 0.05) is 37.2 Å². The summed E-state index contributed by atoms with van der Waals surface area (Å²) in [6, 6.07) is 73.0. The van der Waals surface area contributed by atoms with Gasteiger partial charge in [0.15, 0.2) is 0 Å². The smallest absolute Gasteiger partial charge is 0.0714 e. The van der Waals surface area contributed by atoms with Gasteiger partial charge in [0.1, 0.15) is 0 Å². The number of anilines is 3. The maximum absolute atomic E-state index is 9.97. The Morgan fingerprint density at radius 3 is 1.74 bits per heavy atom. The highest BCUT2D eigenvalue weighted by Crippen LogP contribution is 2.57. The minimum atomic E-state index is -0.686. The maximum Gasteiger partial charge on any atom is 0.0714 e. The average molecular weight is 798 g/mol. The number of benzene rings is 10. The highest BCUT2D eigenvalue weighted by atomic mass is 32.1. The molecule has 10 aromatic carbocycles. The van der Waals surface area contributed by atoms with Crippen molar-refractivity contribution in [2.75, 3.05) is 4.90 Å². The van der Waals surface area contributed by atoms with Crippen molar-refractivity contribution in [2.45, 2.75) is 5.41 Å². The molecule has 0 bridgehead atoms. The van der Waals surface area contributed by atoms with Crippen LogP contribution in [0.15, 0.2) is 236 Å². The van der Waals surface area contributed by atoms with Crippen LogP contribution < -0.4 is 4.90 Å². The standard InChI is InChI=1S/C59H39NS/c1-4-16-40(17-5-1)43-19-14-24-47(38-43)60(46-33-30-42(31-34-46)50-27-15-28-53-54-36-32-41-18-10-11-25-49(41)58(54)61-57(50)53)48-35-37-52-51-26-12-13-29-55(51)59(56(52)39-48,44-20-6-2-7-21-44)45-22-8-3-9-23-45/h1-39H/i30D,31D,33D,34D. The first kappa shape index (κ1) is 31.4. The zero-order valence-electron chi connectivity index (χ0n) is 37.1. The van der Waals surface area contributed by atoms with Crippen LogP contribution in [0.5, 0.6) is 0 Å². The Kier molecular flexibility index (Phi) is 7.38. The number of rotatable bonds is 7. The van der Waals surface area contributed by atoms with Gasteiger partial charge in [-0.15, -0.1) is 11.3 Å². The molecule has 0 unspecified atom stereocenters. The number of hydrogen-bond acceptors (Lipinski definition) is 2. The Hall–Kier alpha value is -7.52. The Morgan fingerprint density at radius 2 is 0.951 bits per heavy atom. The van der Waals surface area contributed by atoms with Gasteiger partial charge in [0.25, 0.3) is 0 Å². The molecule has 1 aliphatic carbocycles. The zero-order chi connectivity index (χ0) is 43.8. The first-order valence-corrected chi connectivity index (χ1v) is 21.5. The molecule has 0 spiro atoms. The van der Waals surface area contributed by atoms with E-state index < -0.39 is 5.41 Å². The molecule has 11 aromatic rings. The van der Waals surface area contributed by atoms with Crippen molar-refractivity contribution < 1.29 is 5.48 Å². The second-order valence-corrected chi connectivity index (χ2v) is 16.7. The molecule has 0 amide bonds. The van der Waals surface area contributed by atoms with E-state index in [0.717, 1.165) is 81.3 Å². The van der Waals surface area contributed by atoms with E-state index in [-0.39, 0.29) is 29.9 Å². The second-order valence-electron chi connectivity index (χ2n) is 15.7. The summed E-state index contributed by atoms with van der Waals surface area (Å²) in [5.74, 6) is 0. The summed E-state index contributed by atoms with van der Waals surface area (Å²) in [6.07, 6.45) is 0. The third kappa shape index (κ3) is 5.60. The molecular weight excluding hydrogens is 755 g/mol. The molecule has 0 N–H and O–H groups in total. The fourth-order valence-electron chi connectivity index (χ4n) is 9.71. The monoisotopic (exact) mass is 797 g/mol. The lowest BCUT2D eigenvalue weighted by atomic mass is 9.67. The SMILES string of the molecule is [2H]c1c([2H])c(N(c2cccc(-c3ccccc3)c2)c2ccc3c(c2)C(c2ccccc2)(c2ccccc2)c2ccccc2-3)c([2H])c([2H])c1-c1cccc2c1sc1c3ccccc3ccc21. The van der Waals surface area contributed by atoms with E-state index in [2.05, 4.69) is 164 Å². The van der Waals surface area contributed by atoms with Gasteiger partial charge in [-0.2, -0.15) is 0 Å². The third-order valence-electron chi connectivity index (χ3n) is 12.4. The fraction of sp³-hybridized carbons (Fsp3) is 0.0169. The molecule has 1 aliphatic rings. The molecule has 2 heteroatoms. The fourth-order valence-corrected chi connectivity index (χ4v) is 11.1. The van der Waals surface area contributed by atoms with E-state index in [1.165, 1.54) is 5.56 Å². The van der Waals surface area contributed by atoms with Gasteiger partial charge in [0.05, 0.1) is 10.9 Å². The molecule has 0 saturated carbocycles. The minimum Gasteiger partial charge on any atom is -0.310 e. The van der Waals surface area contributed by atoms with E-state index >= 15 is 0 Å². The molecule has 286 valence electrons. The lowest BCUT2D eigenvalue weighted by molar-refractivity contribution is 0.768. The highest BCUT2D eigenvalue weighted by Gasteiger charge is 2.46. The minimum absolute atomic E-state index is 0.0866. The summed E-state index contributed by atoms with van der Waals surface area (Å²) in [6.45, 7) is 0. The van der Waals surface area contributed by atoms with E-state index in [1.54, 1.807) is 11.3 Å². The van der Waals surface area contributed by atoms with E-state index in [1.807, 2.05) is 53.4 Å². The van der Waals surface area contributed by atoms with Gasteiger partial charge < -0.3 is 4.90 Å². The quantitative estimate of drug-likeness (QED) is 0.155. The lowest BCUT2D eigenvalue weighted by Crippen LogP contribution is -2.28. The van der Waals surface area contributed by atoms with Crippen LogP contribution in [0.1, 0.15) is 27.7 Å². The Balaban J connectivity index is 1.12. The van der Waals surface area contributed by atoms with Crippen LogP contribution in [0, 0.1) is 0 Å². The number of nitrogens with zero attached hydrogens (tertiary/aromatic N) is 1. The van der Waals surface area contributed by atoms with E-state index in [4.69, 9.17) is 0 Å². The van der Waals surface area contributed by atoms with E-state index in [9.17, 15) is 5.48 Å². The van der Waals surface area contributed by atoms with Crippen LogP contribution in [-0.4, -0.2) is 0 Å². The third-order valence-corrected chi connectivity index (χ3v) is 13.7. The van der Waals surface area contributed by atoms with Crippen molar-refractivity contribution in [1.29, 1.82) is 0 Å². The van der Waals surface area contributed by atoms with Crippen molar-refractivity contribution >= 4 is 59.3 Å². The molecule has 0 aliphatic heterocycles. The molecule has 1 heterocycles. The van der Waals surface area contributed by atoms with Crippen LogP contribution in [0.2, 0.25) is 0 Å². The van der Waals surface area contributed by atoms with Crippen LogP contribution in [-0.2, 0) is 5.41 Å². The number of fused-ring (bicyclic) bond motifs is 8. The molecule has 0 atom stereocenters. The Bertz CT molecular complexity index is 3590. The summed E-state index contributed by atoms with van der Waals surface area (Å²) in [7, 11) is 0. The van der Waals surface area contributed by atoms with Crippen molar-refractivity contribution in [3.8, 4) is 33.4 Å². The molecule has 0 radical (unpaired) electrons. The first-order valence-electron chi connectivity index (χ1n) is 22.7. The van der Waals surface area contributed by atoms with Crippen molar-refractivity contribution in [3.63, 3.8) is 0 Å². The normalized spacial score (nSPS) is 13.6. The van der Waals surface area contributed by atoms with Crippen LogP contribution in [0.25, 0.3) is 64.3 Å². The summed E-state index contributed by atoms with van der Waals surface area (Å²) < 4.78 is 41.7. The molecule has 1 nitrogen and oxygen atoms in total. The largest absolute Gasteiger partial charge is 0.310 e. The zero-order valence-corrected chi connectivity index (χ0v) is 33.9. The van der Waals surface area contributed by atoms with Gasteiger partial charge in [-0.25, -0.2) is 0 Å². The molecule has 61 heavy (non-hydrogen) atoms. The van der Waals surface area contributed by atoms with Crippen molar-refractivity contribution in [1.82, 2.24) is 0 Å². The summed E-state index contributed by atoms with van der Waals surface area (Å²) in [5, 5.41) is 4.45. The van der Waals surface area contributed by atoms with Crippen molar-refractivity contribution in [3.05, 3.63) is 259 Å². The highest BCUT2D eigenvalue weighted by molar-refractivity contribution is 7.27. The predicted octanol–water partition coefficient (Wildman–Crippen LogP) is 16.4. The summed E-state index contributed by atoms with van der Waals surface area (Å²) in [5.41, 5.74) is 10.7. The summed E-state index contributed by atoms with van der Waals surface area (Å²) in [4.78, 5) is 1.94. The molecule has 0 saturated heterocycles. The maximum atomic E-state index is 9.97. The van der Waals surface area contributed by atoms with Gasteiger partial charge in [-0.05, 0) is 103 Å². The number of hydrogen-bond donors (Lipinski definition) is 0. The predicted molar refractivity (Wildman–Crippen MR) is 260 cm³/mol. The van der Waals surface area contributed by atoms with E-state index in [0.29, 0.717) is 11.1 Å².